The van der Waals surface area contributed by atoms with Gasteiger partial charge in [-0.15, -0.1) is 0 Å². The van der Waals surface area contributed by atoms with Crippen molar-refractivity contribution in [2.45, 2.75) is 5.16 Å². The van der Waals surface area contributed by atoms with Gasteiger partial charge in [0.1, 0.15) is 17.1 Å². The Labute approximate surface area is 197 Å². The molecule has 0 spiro atoms. The first-order valence-corrected chi connectivity index (χ1v) is 11.1. The number of carbonyl (C=O) groups is 1. The minimum Gasteiger partial charge on any atom is -0.495 e. The van der Waals surface area contributed by atoms with Crippen LogP contribution in [0.25, 0.3) is 16.6 Å². The van der Waals surface area contributed by atoms with Gasteiger partial charge >= 0.3 is 5.69 Å². The summed E-state index contributed by atoms with van der Waals surface area (Å²) < 4.78 is 8.67. The maximum absolute atomic E-state index is 13.4. The molecule has 0 radical (unpaired) electrons. The molecule has 174 valence electrons. The van der Waals surface area contributed by atoms with Gasteiger partial charge in [0.2, 0.25) is 0 Å². The van der Waals surface area contributed by atoms with Crippen molar-refractivity contribution >= 4 is 34.3 Å². The fraction of sp³-hybridized carbons (Fsp3) is 0.174. The molecular weight excluding hydrogens is 458 g/mol. The maximum Gasteiger partial charge on any atom is 0.332 e. The van der Waals surface area contributed by atoms with Gasteiger partial charge in [0.15, 0.2) is 10.9 Å². The number of carbonyl (C=O) groups excluding carboxylic acids is 1. The third kappa shape index (κ3) is 3.79. The number of methoxy groups -OCH3 is 1. The highest BCUT2D eigenvalue weighted by molar-refractivity contribution is 7.99. The number of Topliss-reactive ketones (excluding diaryl/α,β-unsaturated/α-hetero) is 1. The average Bonchev–Trinajstić information content (AvgIpc) is 2.85. The van der Waals surface area contributed by atoms with Crippen LogP contribution in [0.5, 0.6) is 5.75 Å². The molecule has 2 aromatic carbocycles. The normalized spacial score (nSPS) is 11.0. The minimum absolute atomic E-state index is 0.215. The number of hydrogen-bond donors (Lipinski definition) is 1. The van der Waals surface area contributed by atoms with Gasteiger partial charge in [-0.25, -0.2) is 9.78 Å². The highest BCUT2D eigenvalue weighted by Gasteiger charge is 2.22. The van der Waals surface area contributed by atoms with Gasteiger partial charge in [0.05, 0.1) is 29.5 Å². The van der Waals surface area contributed by atoms with Gasteiger partial charge < -0.3 is 10.5 Å². The number of benzene rings is 2. The van der Waals surface area contributed by atoms with Crippen molar-refractivity contribution in [3.8, 4) is 11.4 Å². The third-order valence-electron chi connectivity index (χ3n) is 5.39. The summed E-state index contributed by atoms with van der Waals surface area (Å²) in [6, 6.07) is 13.8. The fourth-order valence-corrected chi connectivity index (χ4v) is 4.44. The summed E-state index contributed by atoms with van der Waals surface area (Å²) >= 11 is 0.982. The highest BCUT2D eigenvalue weighted by Crippen LogP contribution is 2.27. The van der Waals surface area contributed by atoms with Crippen molar-refractivity contribution < 1.29 is 9.53 Å². The Balaban J connectivity index is 1.84. The van der Waals surface area contributed by atoms with Crippen molar-refractivity contribution in [3.05, 3.63) is 85.3 Å². The van der Waals surface area contributed by atoms with E-state index in [0.29, 0.717) is 22.3 Å². The highest BCUT2D eigenvalue weighted by atomic mass is 32.2. The van der Waals surface area contributed by atoms with E-state index in [1.807, 2.05) is 0 Å². The number of nitrogen functional groups attached to an aromatic ring is 1. The Morgan fingerprint density at radius 1 is 1.00 bits per heavy atom. The molecule has 0 unspecified atom stereocenters. The van der Waals surface area contributed by atoms with Gasteiger partial charge in [0.25, 0.3) is 11.1 Å². The van der Waals surface area contributed by atoms with Crippen LogP contribution in [-0.2, 0) is 14.1 Å². The molecule has 2 aromatic heterocycles. The lowest BCUT2D eigenvalue weighted by atomic mass is 10.2. The lowest BCUT2D eigenvalue weighted by Crippen LogP contribution is -2.41. The van der Waals surface area contributed by atoms with Crippen LogP contribution in [0.1, 0.15) is 10.4 Å². The largest absolute Gasteiger partial charge is 0.495 e. The molecule has 0 saturated heterocycles. The van der Waals surface area contributed by atoms with Crippen LogP contribution in [0.4, 0.5) is 5.82 Å². The Morgan fingerprint density at radius 2 is 1.68 bits per heavy atom. The molecule has 4 aromatic rings. The summed E-state index contributed by atoms with van der Waals surface area (Å²) in [6.07, 6.45) is 0. The first-order valence-electron chi connectivity index (χ1n) is 10.1. The molecule has 0 aliphatic carbocycles. The molecule has 0 aliphatic heterocycles. The van der Waals surface area contributed by atoms with Crippen molar-refractivity contribution in [2.75, 3.05) is 18.6 Å². The van der Waals surface area contributed by atoms with Crippen LogP contribution >= 0.6 is 11.8 Å². The molecule has 11 heteroatoms. The molecule has 0 aliphatic rings. The van der Waals surface area contributed by atoms with Gasteiger partial charge in [-0.05, 0) is 24.3 Å². The lowest BCUT2D eigenvalue weighted by molar-refractivity contribution is 0.102. The van der Waals surface area contributed by atoms with E-state index in [2.05, 4.69) is 4.98 Å². The third-order valence-corrected chi connectivity index (χ3v) is 6.33. The SMILES string of the molecule is COc1ccccc1-n1c(SCC(=O)c2c(N)n(C)c(=O)n(C)c2=O)nc2ccccc2c1=O. The number of thioether (sulfide) groups is 1. The maximum atomic E-state index is 13.4. The van der Waals surface area contributed by atoms with Crippen LogP contribution < -0.4 is 27.3 Å². The van der Waals surface area contributed by atoms with E-state index >= 15 is 0 Å². The van der Waals surface area contributed by atoms with E-state index in [4.69, 9.17) is 10.5 Å². The zero-order valence-corrected chi connectivity index (χ0v) is 19.5. The van der Waals surface area contributed by atoms with Crippen LogP contribution in [0.2, 0.25) is 0 Å². The number of nitrogens with two attached hydrogens (primary N) is 1. The van der Waals surface area contributed by atoms with Gasteiger partial charge in [-0.1, -0.05) is 36.0 Å². The molecule has 34 heavy (non-hydrogen) atoms. The molecule has 10 nitrogen and oxygen atoms in total. The van der Waals surface area contributed by atoms with Crippen molar-refractivity contribution in [2.24, 2.45) is 14.1 Å². The van der Waals surface area contributed by atoms with Crippen molar-refractivity contribution in [1.29, 1.82) is 0 Å². The molecule has 0 saturated carbocycles. The van der Waals surface area contributed by atoms with Crippen LogP contribution in [-0.4, -0.2) is 37.3 Å². The number of nitrogens with zero attached hydrogens (tertiary/aromatic N) is 4. The van der Waals surface area contributed by atoms with E-state index in [1.54, 1.807) is 48.5 Å². The van der Waals surface area contributed by atoms with Crippen molar-refractivity contribution in [3.63, 3.8) is 0 Å². The molecule has 2 N–H and O–H groups in total. The summed E-state index contributed by atoms with van der Waals surface area (Å²) in [7, 11) is 4.15. The molecule has 0 amide bonds. The van der Waals surface area contributed by atoms with Crippen LogP contribution in [0.3, 0.4) is 0 Å². The zero-order chi connectivity index (χ0) is 24.6. The number of fused-ring (bicyclic) bond motifs is 1. The van der Waals surface area contributed by atoms with E-state index in [1.165, 1.54) is 25.8 Å². The lowest BCUT2D eigenvalue weighted by Gasteiger charge is -2.16. The number of hydrogen-bond acceptors (Lipinski definition) is 8. The number of para-hydroxylation sites is 3. The molecule has 2 heterocycles. The summed E-state index contributed by atoms with van der Waals surface area (Å²) in [4.78, 5) is 55.7. The first-order chi connectivity index (χ1) is 16.3. The van der Waals surface area contributed by atoms with Gasteiger partial charge in [0, 0.05) is 14.1 Å². The number of ketones is 1. The second-order valence-electron chi connectivity index (χ2n) is 7.40. The number of anilines is 1. The average molecular weight is 480 g/mol. The Bertz CT molecular complexity index is 1620. The first kappa shape index (κ1) is 23.1. The fourth-order valence-electron chi connectivity index (χ4n) is 3.56. The summed E-state index contributed by atoms with van der Waals surface area (Å²) in [5.74, 6) is -0.594. The van der Waals surface area contributed by atoms with Crippen LogP contribution in [0, 0.1) is 0 Å². The van der Waals surface area contributed by atoms with Gasteiger partial charge in [-0.3, -0.25) is 28.1 Å². The molecule has 0 atom stereocenters. The standard InChI is InChI=1S/C23H21N5O5S/c1-26-19(24)18(21(31)27(2)23(26)32)16(29)12-34-22-25-14-9-5-4-8-13(14)20(30)28(22)15-10-6-7-11-17(15)33-3/h4-11H,12,24H2,1-3H3. The second kappa shape index (κ2) is 9.02. The van der Waals surface area contributed by atoms with E-state index in [-0.39, 0.29) is 27.8 Å². The summed E-state index contributed by atoms with van der Waals surface area (Å²) in [5.41, 5.74) is 4.81. The number of rotatable bonds is 6. The summed E-state index contributed by atoms with van der Waals surface area (Å²) in [6.45, 7) is 0. The minimum atomic E-state index is -0.778. The molecule has 4 rings (SSSR count). The van der Waals surface area contributed by atoms with Gasteiger partial charge in [-0.2, -0.15) is 0 Å². The monoisotopic (exact) mass is 479 g/mol. The Morgan fingerprint density at radius 3 is 2.41 bits per heavy atom. The topological polar surface area (TPSA) is 131 Å². The summed E-state index contributed by atoms with van der Waals surface area (Å²) in [5, 5.41) is 0.641. The predicted molar refractivity (Wildman–Crippen MR) is 130 cm³/mol. The Kier molecular flexibility index (Phi) is 6.12. The molecular formula is C23H21N5O5S. The van der Waals surface area contributed by atoms with E-state index in [0.717, 1.165) is 20.9 Å². The molecule has 0 fully saturated rings. The number of aromatic nitrogens is 4. The van der Waals surface area contributed by atoms with Crippen LogP contribution in [0.15, 0.2) is 68.1 Å². The predicted octanol–water partition coefficient (Wildman–Crippen LogP) is 1.35. The Hall–Kier alpha value is -4.12. The van der Waals surface area contributed by atoms with Crippen molar-refractivity contribution in [1.82, 2.24) is 18.7 Å². The second-order valence-corrected chi connectivity index (χ2v) is 8.34. The van der Waals surface area contributed by atoms with E-state index in [9.17, 15) is 19.2 Å². The quantitative estimate of drug-likeness (QED) is 0.249. The smallest absolute Gasteiger partial charge is 0.332 e. The zero-order valence-electron chi connectivity index (χ0n) is 18.6. The van der Waals surface area contributed by atoms with E-state index < -0.39 is 17.0 Å². The molecule has 0 bridgehead atoms. The number of ether oxygens (including phenoxy) is 1.